The smallest absolute Gasteiger partial charge is 0.337 e. The van der Waals surface area contributed by atoms with E-state index in [1.165, 1.54) is 25.3 Å². The second kappa shape index (κ2) is 6.77. The minimum atomic E-state index is -1.06. The minimum Gasteiger partial charge on any atom is -0.478 e. The molecule has 1 N–H and O–H groups in total. The monoisotopic (exact) mass is 376 g/mol. The molecule has 7 nitrogen and oxygen atoms in total. The lowest BCUT2D eigenvalue weighted by atomic mass is 10.1. The second-order valence-corrected chi connectivity index (χ2v) is 6.46. The molecule has 0 aliphatic carbocycles. The number of methoxy groups -OCH3 is 1. The Morgan fingerprint density at radius 2 is 1.86 bits per heavy atom. The molecule has 0 fully saturated rings. The maximum Gasteiger partial charge on any atom is 0.337 e. The Morgan fingerprint density at radius 1 is 1.14 bits per heavy atom. The quantitative estimate of drug-likeness (QED) is 0.706. The van der Waals surface area contributed by atoms with Crippen LogP contribution in [0.3, 0.4) is 0 Å². The van der Waals surface area contributed by atoms with Crippen LogP contribution in [0.25, 0.3) is 22.6 Å². The van der Waals surface area contributed by atoms with Crippen LogP contribution in [0.5, 0.6) is 0 Å². The number of hydrogen-bond donors (Lipinski definition) is 1. The molecular formula is C21H16N2O5. The number of carboxylic acids is 1. The van der Waals surface area contributed by atoms with Crippen LogP contribution in [0.4, 0.5) is 0 Å². The molecule has 0 atom stereocenters. The van der Waals surface area contributed by atoms with Gasteiger partial charge in [-0.3, -0.25) is 9.36 Å². The summed E-state index contributed by atoms with van der Waals surface area (Å²) in [6, 6.07) is 11.3. The van der Waals surface area contributed by atoms with Crippen LogP contribution in [0, 0.1) is 0 Å². The lowest BCUT2D eigenvalue weighted by molar-refractivity contribution is 0.0600. The van der Waals surface area contributed by atoms with Crippen molar-refractivity contribution in [1.29, 1.82) is 0 Å². The highest BCUT2D eigenvalue weighted by molar-refractivity contribution is 5.94. The highest BCUT2D eigenvalue weighted by Gasteiger charge is 2.21. The first-order valence-corrected chi connectivity index (χ1v) is 8.65. The number of aromatic nitrogens is 2. The highest BCUT2D eigenvalue weighted by Crippen LogP contribution is 2.27. The summed E-state index contributed by atoms with van der Waals surface area (Å²) in [6.45, 7) is 0.518. The number of allylic oxidation sites excluding steroid dienone is 1. The molecule has 4 rings (SSSR count). The number of carbonyl (C=O) groups is 2. The summed E-state index contributed by atoms with van der Waals surface area (Å²) in [7, 11) is 1.33. The fourth-order valence-electron chi connectivity index (χ4n) is 3.32. The normalized spacial score (nSPS) is 14.2. The Morgan fingerprint density at radius 3 is 2.54 bits per heavy atom. The molecule has 0 bridgehead atoms. The van der Waals surface area contributed by atoms with Gasteiger partial charge in [0, 0.05) is 6.54 Å². The molecule has 1 aliphatic heterocycles. The topological polar surface area (TPSA) is 98.5 Å². The minimum absolute atomic E-state index is 0.0891. The van der Waals surface area contributed by atoms with Crippen LogP contribution >= 0.6 is 0 Å². The van der Waals surface area contributed by atoms with Crippen LogP contribution in [-0.4, -0.2) is 33.7 Å². The van der Waals surface area contributed by atoms with Gasteiger partial charge in [-0.1, -0.05) is 12.1 Å². The van der Waals surface area contributed by atoms with Gasteiger partial charge in [-0.25, -0.2) is 14.6 Å². The summed E-state index contributed by atoms with van der Waals surface area (Å²) < 4.78 is 6.30. The van der Waals surface area contributed by atoms with Gasteiger partial charge in [-0.15, -0.1) is 0 Å². The summed E-state index contributed by atoms with van der Waals surface area (Å²) in [5.41, 5.74) is 2.48. The molecule has 0 spiro atoms. The number of ether oxygens (including phenoxy) is 1. The van der Waals surface area contributed by atoms with E-state index < -0.39 is 11.9 Å². The number of carboxylic acid groups (broad SMARTS) is 1. The maximum absolute atomic E-state index is 12.7. The number of hydrogen-bond acceptors (Lipinski definition) is 5. The number of carbonyl (C=O) groups excluding carboxylic acids is 1. The van der Waals surface area contributed by atoms with Gasteiger partial charge in [0.05, 0.1) is 29.1 Å². The Kier molecular flexibility index (Phi) is 4.27. The van der Waals surface area contributed by atoms with E-state index in [1.807, 2.05) is 6.08 Å². The Balaban J connectivity index is 1.78. The molecule has 0 amide bonds. The van der Waals surface area contributed by atoms with E-state index in [0.717, 1.165) is 11.1 Å². The first kappa shape index (κ1) is 17.7. The number of rotatable bonds is 3. The Hall–Kier alpha value is -3.74. The molecular weight excluding hydrogens is 360 g/mol. The Bertz CT molecular complexity index is 1210. The number of aromatic carboxylic acids is 1. The maximum atomic E-state index is 12.7. The molecule has 0 saturated carbocycles. The van der Waals surface area contributed by atoms with Crippen LogP contribution < -0.4 is 5.56 Å². The average Bonchev–Trinajstić information content (AvgIpc) is 3.10. The average molecular weight is 376 g/mol. The van der Waals surface area contributed by atoms with Gasteiger partial charge in [0.15, 0.2) is 0 Å². The van der Waals surface area contributed by atoms with Gasteiger partial charge in [-0.2, -0.15) is 0 Å². The number of fused-ring (bicyclic) bond motifs is 2. The van der Waals surface area contributed by atoms with Crippen molar-refractivity contribution in [3.63, 3.8) is 0 Å². The van der Waals surface area contributed by atoms with Gasteiger partial charge in [0.1, 0.15) is 5.82 Å². The van der Waals surface area contributed by atoms with Crippen molar-refractivity contribution in [3.05, 3.63) is 75.3 Å². The number of nitrogens with zero attached hydrogens (tertiary/aromatic N) is 2. The van der Waals surface area contributed by atoms with Crippen LogP contribution in [0.2, 0.25) is 0 Å². The van der Waals surface area contributed by atoms with Crippen molar-refractivity contribution in [2.45, 2.75) is 13.0 Å². The molecule has 1 aromatic heterocycles. The van der Waals surface area contributed by atoms with Crippen LogP contribution in [-0.2, 0) is 11.3 Å². The molecule has 0 unspecified atom stereocenters. The fourth-order valence-corrected chi connectivity index (χ4v) is 3.32. The van der Waals surface area contributed by atoms with Crippen molar-refractivity contribution in [3.8, 4) is 0 Å². The predicted octanol–water partition coefficient (Wildman–Crippen LogP) is 2.83. The zero-order valence-corrected chi connectivity index (χ0v) is 15.0. The summed E-state index contributed by atoms with van der Waals surface area (Å²) in [4.78, 5) is 40.1. The summed E-state index contributed by atoms with van der Waals surface area (Å²) in [6.07, 6.45) is 2.56. The van der Waals surface area contributed by atoms with Crippen LogP contribution in [0.1, 0.15) is 38.5 Å². The first-order valence-electron chi connectivity index (χ1n) is 8.65. The third kappa shape index (κ3) is 2.96. The third-order valence-electron chi connectivity index (χ3n) is 4.77. The third-order valence-corrected chi connectivity index (χ3v) is 4.77. The Labute approximate surface area is 159 Å². The van der Waals surface area contributed by atoms with Gasteiger partial charge in [-0.05, 0) is 54.0 Å². The molecule has 0 radical (unpaired) electrons. The van der Waals surface area contributed by atoms with E-state index in [-0.39, 0.29) is 11.1 Å². The summed E-state index contributed by atoms with van der Waals surface area (Å²) in [5.74, 6) is -0.929. The lowest BCUT2D eigenvalue weighted by Crippen LogP contribution is -2.21. The van der Waals surface area contributed by atoms with Crippen molar-refractivity contribution in [2.24, 2.45) is 0 Å². The zero-order valence-electron chi connectivity index (χ0n) is 15.0. The van der Waals surface area contributed by atoms with E-state index >= 15 is 0 Å². The van der Waals surface area contributed by atoms with E-state index in [4.69, 9.17) is 4.74 Å². The summed E-state index contributed by atoms with van der Waals surface area (Å²) in [5, 5.41) is 9.58. The van der Waals surface area contributed by atoms with Crippen LogP contribution in [0.15, 0.2) is 47.3 Å². The lowest BCUT2D eigenvalue weighted by Gasteiger charge is -2.06. The fraction of sp³-hybridized carbons (Fsp3) is 0.143. The second-order valence-electron chi connectivity index (χ2n) is 6.46. The van der Waals surface area contributed by atoms with E-state index in [0.29, 0.717) is 35.3 Å². The molecule has 3 aromatic rings. The zero-order chi connectivity index (χ0) is 19.8. The SMILES string of the molecule is COC(=O)c1ccc(C=C2CCn3c2nc2cc(C(=O)O)ccc2c3=O)cc1. The molecule has 28 heavy (non-hydrogen) atoms. The number of esters is 1. The molecule has 0 saturated heterocycles. The van der Waals surface area contributed by atoms with Gasteiger partial charge in [0.25, 0.3) is 5.56 Å². The first-order chi connectivity index (χ1) is 13.5. The van der Waals surface area contributed by atoms with Gasteiger partial charge >= 0.3 is 11.9 Å². The number of benzene rings is 2. The van der Waals surface area contributed by atoms with Gasteiger partial charge < -0.3 is 9.84 Å². The van der Waals surface area contributed by atoms with E-state index in [9.17, 15) is 19.5 Å². The highest BCUT2D eigenvalue weighted by atomic mass is 16.5. The predicted molar refractivity (Wildman–Crippen MR) is 103 cm³/mol. The molecule has 1 aliphatic rings. The standard InChI is InChI=1S/C21H16N2O5/c1-28-21(27)13-4-2-12(3-5-13)10-14-8-9-23-18(14)22-17-11-15(20(25)26)6-7-16(17)19(23)24/h2-7,10-11H,8-9H2,1H3,(H,25,26). The molecule has 7 heteroatoms. The van der Waals surface area contributed by atoms with Crippen molar-refractivity contribution in [2.75, 3.05) is 7.11 Å². The molecule has 140 valence electrons. The van der Waals surface area contributed by atoms with E-state index in [2.05, 4.69) is 4.98 Å². The largest absolute Gasteiger partial charge is 0.478 e. The molecule has 2 aromatic carbocycles. The van der Waals surface area contributed by atoms with Crippen molar-refractivity contribution >= 4 is 34.5 Å². The summed E-state index contributed by atoms with van der Waals surface area (Å²) >= 11 is 0. The van der Waals surface area contributed by atoms with Crippen molar-refractivity contribution in [1.82, 2.24) is 9.55 Å². The van der Waals surface area contributed by atoms with Gasteiger partial charge in [0.2, 0.25) is 0 Å². The van der Waals surface area contributed by atoms with E-state index in [1.54, 1.807) is 28.8 Å². The molecule has 2 heterocycles. The van der Waals surface area contributed by atoms with Crippen molar-refractivity contribution < 1.29 is 19.4 Å².